The van der Waals surface area contributed by atoms with Crippen molar-refractivity contribution >= 4 is 11.8 Å². The van der Waals surface area contributed by atoms with Gasteiger partial charge in [0.15, 0.2) is 0 Å². The average Bonchev–Trinajstić information content (AvgIpc) is 2.62. The van der Waals surface area contributed by atoms with Crippen LogP contribution in [0.2, 0.25) is 0 Å². The van der Waals surface area contributed by atoms with Crippen molar-refractivity contribution in [1.82, 2.24) is 4.90 Å². The smallest absolute Gasteiger partial charge is 0.0448 e. The molecule has 0 amide bonds. The topological polar surface area (TPSA) is 3.24 Å². The second kappa shape index (κ2) is 4.16. The molecule has 1 fully saturated rings. The van der Waals surface area contributed by atoms with Crippen molar-refractivity contribution in [3.05, 3.63) is 35.4 Å². The monoisotopic (exact) mass is 193 g/mol. The maximum Gasteiger partial charge on any atom is 0.0448 e. The van der Waals surface area contributed by atoms with E-state index in [1.54, 1.807) is 0 Å². The predicted molar refractivity (Wildman–Crippen MR) is 58.9 cm³/mol. The zero-order valence-electron chi connectivity index (χ0n) is 7.99. The highest BCUT2D eigenvalue weighted by molar-refractivity contribution is 7.99. The molecule has 2 heteroatoms. The maximum absolute atomic E-state index is 2.50. The van der Waals surface area contributed by atoms with Gasteiger partial charge in [-0.15, -0.1) is 11.8 Å². The van der Waals surface area contributed by atoms with Crippen molar-refractivity contribution < 1.29 is 0 Å². The van der Waals surface area contributed by atoms with E-state index >= 15 is 0 Å². The fraction of sp³-hybridized carbons (Fsp3) is 0.455. The molecular weight excluding hydrogens is 178 g/mol. The predicted octanol–water partition coefficient (Wildman–Crippen LogP) is 2.50. The van der Waals surface area contributed by atoms with Gasteiger partial charge in [-0.3, -0.25) is 4.90 Å². The molecule has 0 atom stereocenters. The lowest BCUT2D eigenvalue weighted by molar-refractivity contribution is 0.349. The van der Waals surface area contributed by atoms with E-state index in [1.165, 1.54) is 29.3 Å². The van der Waals surface area contributed by atoms with E-state index in [1.807, 2.05) is 11.8 Å². The molecule has 13 heavy (non-hydrogen) atoms. The number of hydrogen-bond donors (Lipinski definition) is 0. The maximum atomic E-state index is 2.50. The van der Waals surface area contributed by atoms with Gasteiger partial charge in [-0.25, -0.2) is 0 Å². The van der Waals surface area contributed by atoms with Crippen LogP contribution in [0.1, 0.15) is 11.1 Å². The van der Waals surface area contributed by atoms with Crippen LogP contribution in [0.15, 0.2) is 24.3 Å². The zero-order chi connectivity index (χ0) is 9.10. The first-order valence-electron chi connectivity index (χ1n) is 4.70. The highest BCUT2D eigenvalue weighted by Gasteiger charge is 2.11. The van der Waals surface area contributed by atoms with Crippen LogP contribution < -0.4 is 0 Å². The van der Waals surface area contributed by atoms with E-state index < -0.39 is 0 Å². The van der Waals surface area contributed by atoms with Gasteiger partial charge in [0.05, 0.1) is 0 Å². The van der Waals surface area contributed by atoms with Crippen LogP contribution in [0.5, 0.6) is 0 Å². The minimum atomic E-state index is 1.12. The Kier molecular flexibility index (Phi) is 2.91. The van der Waals surface area contributed by atoms with Crippen LogP contribution in [0, 0.1) is 6.92 Å². The second-order valence-electron chi connectivity index (χ2n) is 3.58. The summed E-state index contributed by atoms with van der Waals surface area (Å²) in [6.45, 7) is 4.50. The van der Waals surface area contributed by atoms with E-state index in [-0.39, 0.29) is 0 Å². The van der Waals surface area contributed by atoms with Gasteiger partial charge >= 0.3 is 0 Å². The minimum absolute atomic E-state index is 1.12. The number of aryl methyl sites for hydroxylation is 1. The van der Waals surface area contributed by atoms with Crippen molar-refractivity contribution in [1.29, 1.82) is 0 Å². The normalized spacial score (nSPS) is 17.9. The summed E-state index contributed by atoms with van der Waals surface area (Å²) in [6, 6.07) is 8.85. The molecule has 2 rings (SSSR count). The molecule has 0 spiro atoms. The van der Waals surface area contributed by atoms with Crippen molar-refractivity contribution in [3.8, 4) is 0 Å². The summed E-state index contributed by atoms with van der Waals surface area (Å²) >= 11 is 2.03. The number of rotatable bonds is 2. The highest BCUT2D eigenvalue weighted by Crippen LogP contribution is 2.16. The summed E-state index contributed by atoms with van der Waals surface area (Å²) in [5.74, 6) is 2.50. The van der Waals surface area contributed by atoms with Gasteiger partial charge in [-0.05, 0) is 12.5 Å². The molecule has 0 radical (unpaired) electrons. The average molecular weight is 193 g/mol. The minimum Gasteiger partial charge on any atom is -0.289 e. The fourth-order valence-corrected chi connectivity index (χ4v) is 2.52. The molecule has 0 N–H and O–H groups in total. The number of hydrogen-bond acceptors (Lipinski definition) is 2. The Morgan fingerprint density at radius 2 is 2.08 bits per heavy atom. The lowest BCUT2D eigenvalue weighted by Gasteiger charge is -2.13. The van der Waals surface area contributed by atoms with Gasteiger partial charge < -0.3 is 0 Å². The summed E-state index contributed by atoms with van der Waals surface area (Å²) in [7, 11) is 0. The van der Waals surface area contributed by atoms with Gasteiger partial charge in [0.2, 0.25) is 0 Å². The zero-order valence-corrected chi connectivity index (χ0v) is 8.81. The van der Waals surface area contributed by atoms with E-state index in [4.69, 9.17) is 0 Å². The molecule has 0 aromatic heterocycles. The molecule has 1 aromatic rings. The Hall–Kier alpha value is -0.470. The highest BCUT2D eigenvalue weighted by atomic mass is 32.2. The fourth-order valence-electron chi connectivity index (χ4n) is 1.53. The van der Waals surface area contributed by atoms with Crippen LogP contribution in [0.4, 0.5) is 0 Å². The van der Waals surface area contributed by atoms with Crippen molar-refractivity contribution in [3.63, 3.8) is 0 Å². The first kappa shape index (κ1) is 9.10. The number of nitrogens with zero attached hydrogens (tertiary/aromatic N) is 1. The SMILES string of the molecule is Cc1ccc(CN2CCSC2)cc1. The van der Waals surface area contributed by atoms with Crippen LogP contribution in [-0.4, -0.2) is 23.1 Å². The van der Waals surface area contributed by atoms with E-state index in [9.17, 15) is 0 Å². The standard InChI is InChI=1S/C11H15NS/c1-10-2-4-11(5-3-10)8-12-6-7-13-9-12/h2-5H,6-9H2,1H3. The Bertz CT molecular complexity index is 262. The van der Waals surface area contributed by atoms with Crippen LogP contribution in [0.3, 0.4) is 0 Å². The summed E-state index contributed by atoms with van der Waals surface area (Å²) < 4.78 is 0. The molecule has 0 aliphatic carbocycles. The third kappa shape index (κ3) is 2.48. The first-order chi connectivity index (χ1) is 6.34. The molecule has 1 saturated heterocycles. The molecule has 1 nitrogen and oxygen atoms in total. The summed E-state index contributed by atoms with van der Waals surface area (Å²) in [6.07, 6.45) is 0. The molecule has 0 unspecified atom stereocenters. The van der Waals surface area contributed by atoms with Gasteiger partial charge in [0, 0.05) is 24.7 Å². The molecule has 1 aromatic carbocycles. The third-order valence-corrected chi connectivity index (χ3v) is 3.37. The summed E-state index contributed by atoms with van der Waals surface area (Å²) in [5, 5.41) is 0. The summed E-state index contributed by atoms with van der Waals surface area (Å²) in [5.41, 5.74) is 2.78. The van der Waals surface area contributed by atoms with Gasteiger partial charge in [0.1, 0.15) is 0 Å². The van der Waals surface area contributed by atoms with Crippen molar-refractivity contribution in [2.24, 2.45) is 0 Å². The Morgan fingerprint density at radius 3 is 2.69 bits per heavy atom. The number of thioether (sulfide) groups is 1. The first-order valence-corrected chi connectivity index (χ1v) is 5.86. The Balaban J connectivity index is 1.97. The lowest BCUT2D eigenvalue weighted by Crippen LogP contribution is -2.18. The van der Waals surface area contributed by atoms with E-state index in [0.717, 1.165) is 6.54 Å². The molecule has 1 heterocycles. The number of benzene rings is 1. The lowest BCUT2D eigenvalue weighted by atomic mass is 10.1. The third-order valence-electron chi connectivity index (χ3n) is 2.35. The molecule has 0 bridgehead atoms. The quantitative estimate of drug-likeness (QED) is 0.710. The van der Waals surface area contributed by atoms with Crippen molar-refractivity contribution in [2.75, 3.05) is 18.2 Å². The van der Waals surface area contributed by atoms with Crippen LogP contribution in [0.25, 0.3) is 0 Å². The van der Waals surface area contributed by atoms with Crippen LogP contribution in [-0.2, 0) is 6.54 Å². The van der Waals surface area contributed by atoms with E-state index in [0.29, 0.717) is 0 Å². The molecule has 1 aliphatic rings. The molecule has 70 valence electrons. The molecular formula is C11H15NS. The van der Waals surface area contributed by atoms with E-state index in [2.05, 4.69) is 36.1 Å². The molecule has 1 aliphatic heterocycles. The summed E-state index contributed by atoms with van der Waals surface area (Å²) in [4.78, 5) is 2.50. The largest absolute Gasteiger partial charge is 0.289 e. The molecule has 0 saturated carbocycles. The second-order valence-corrected chi connectivity index (χ2v) is 4.65. The Morgan fingerprint density at radius 1 is 1.31 bits per heavy atom. The Labute approximate surface area is 84.1 Å². The van der Waals surface area contributed by atoms with Gasteiger partial charge in [0.25, 0.3) is 0 Å². The van der Waals surface area contributed by atoms with Crippen LogP contribution >= 0.6 is 11.8 Å². The van der Waals surface area contributed by atoms with Gasteiger partial charge in [-0.1, -0.05) is 29.8 Å². The van der Waals surface area contributed by atoms with Crippen molar-refractivity contribution in [2.45, 2.75) is 13.5 Å². The van der Waals surface area contributed by atoms with Gasteiger partial charge in [-0.2, -0.15) is 0 Å².